The van der Waals surface area contributed by atoms with Crippen molar-refractivity contribution in [2.45, 2.75) is 77.7 Å². The number of carbonyl (C=O) groups is 2. The van der Waals surface area contributed by atoms with Gasteiger partial charge >= 0.3 is 0 Å². The minimum Gasteiger partial charge on any atom is -0.355 e. The zero-order chi connectivity index (χ0) is 20.9. The lowest BCUT2D eigenvalue weighted by atomic mass is 9.79. The Kier molecular flexibility index (Phi) is 5.93. The topological polar surface area (TPSA) is 76.7 Å². The first kappa shape index (κ1) is 21.1. The number of hydrogen-bond acceptors (Lipinski definition) is 5. The van der Waals surface area contributed by atoms with Gasteiger partial charge in [0, 0.05) is 50.1 Å². The van der Waals surface area contributed by atoms with E-state index in [1.807, 2.05) is 11.9 Å². The van der Waals surface area contributed by atoms with Crippen molar-refractivity contribution >= 4 is 11.8 Å². The molecule has 1 saturated carbocycles. The molecule has 164 valence electrons. The molecule has 0 spiro atoms. The van der Waals surface area contributed by atoms with Crippen LogP contribution in [0.4, 0.5) is 0 Å². The van der Waals surface area contributed by atoms with Crippen molar-refractivity contribution in [1.29, 1.82) is 0 Å². The molecule has 3 N–H and O–H groups in total. The molecular formula is C22H39N5O2. The van der Waals surface area contributed by atoms with Gasteiger partial charge in [0.2, 0.25) is 11.8 Å². The number of piperidine rings is 2. The molecule has 3 saturated heterocycles. The first-order chi connectivity index (χ1) is 13.8. The molecule has 0 aromatic heterocycles. The van der Waals surface area contributed by atoms with Gasteiger partial charge in [-0.1, -0.05) is 6.92 Å². The van der Waals surface area contributed by atoms with E-state index >= 15 is 0 Å². The lowest BCUT2D eigenvalue weighted by Crippen LogP contribution is -2.60. The lowest BCUT2D eigenvalue weighted by Gasteiger charge is -2.42. The molecule has 4 fully saturated rings. The highest BCUT2D eigenvalue weighted by Crippen LogP contribution is 2.41. The highest BCUT2D eigenvalue weighted by molar-refractivity contribution is 5.83. The van der Waals surface area contributed by atoms with E-state index in [1.54, 1.807) is 0 Å². The van der Waals surface area contributed by atoms with E-state index < -0.39 is 0 Å². The molecule has 2 amide bonds. The zero-order valence-electron chi connectivity index (χ0n) is 18.6. The Hall–Kier alpha value is -1.18. The van der Waals surface area contributed by atoms with Crippen molar-refractivity contribution in [2.75, 3.05) is 20.1 Å². The monoisotopic (exact) mass is 405 g/mol. The van der Waals surface area contributed by atoms with E-state index in [4.69, 9.17) is 0 Å². The molecule has 1 aliphatic carbocycles. The van der Waals surface area contributed by atoms with Gasteiger partial charge in [0.1, 0.15) is 0 Å². The summed E-state index contributed by atoms with van der Waals surface area (Å²) < 4.78 is 0. The summed E-state index contributed by atoms with van der Waals surface area (Å²) in [6.45, 7) is 9.94. The third-order valence-corrected chi connectivity index (χ3v) is 7.93. The molecule has 3 heterocycles. The highest BCUT2D eigenvalue weighted by Gasteiger charge is 2.50. The van der Waals surface area contributed by atoms with Gasteiger partial charge in [-0.3, -0.25) is 20.3 Å². The third-order valence-electron chi connectivity index (χ3n) is 7.93. The summed E-state index contributed by atoms with van der Waals surface area (Å²) in [6, 6.07) is 1.09. The van der Waals surface area contributed by atoms with Crippen molar-refractivity contribution in [3.05, 3.63) is 0 Å². The predicted molar refractivity (Wildman–Crippen MR) is 113 cm³/mol. The maximum Gasteiger partial charge on any atom is 0.227 e. The number of rotatable bonds is 5. The Labute approximate surface area is 175 Å². The Morgan fingerprint density at radius 3 is 2.62 bits per heavy atom. The Balaban J connectivity index is 1.42. The van der Waals surface area contributed by atoms with E-state index in [1.165, 1.54) is 12.8 Å². The molecule has 7 nitrogen and oxygen atoms in total. The van der Waals surface area contributed by atoms with Crippen molar-refractivity contribution < 1.29 is 9.59 Å². The molecular weight excluding hydrogens is 366 g/mol. The fraction of sp³-hybridized carbons (Fsp3) is 0.909. The minimum atomic E-state index is -0.106. The average Bonchev–Trinajstić information content (AvgIpc) is 3.43. The number of fused-ring (bicyclic) bond motifs is 1. The van der Waals surface area contributed by atoms with Crippen LogP contribution in [0.5, 0.6) is 0 Å². The molecule has 0 bridgehead atoms. The van der Waals surface area contributed by atoms with Crippen LogP contribution in [0.15, 0.2) is 0 Å². The van der Waals surface area contributed by atoms with E-state index in [0.717, 1.165) is 25.3 Å². The second-order valence-electron chi connectivity index (χ2n) is 10.3. The van der Waals surface area contributed by atoms with Gasteiger partial charge in [0.25, 0.3) is 0 Å². The first-order valence-corrected chi connectivity index (χ1v) is 11.6. The molecule has 0 aromatic rings. The summed E-state index contributed by atoms with van der Waals surface area (Å²) in [5.74, 6) is 1.51. The summed E-state index contributed by atoms with van der Waals surface area (Å²) >= 11 is 0. The van der Waals surface area contributed by atoms with Crippen molar-refractivity contribution in [2.24, 2.45) is 29.6 Å². The number of hydrazine groups is 1. The van der Waals surface area contributed by atoms with Crippen molar-refractivity contribution in [1.82, 2.24) is 26.0 Å². The van der Waals surface area contributed by atoms with Crippen LogP contribution in [0.2, 0.25) is 0 Å². The summed E-state index contributed by atoms with van der Waals surface area (Å²) in [7, 11) is 1.88. The fourth-order valence-electron chi connectivity index (χ4n) is 5.77. The number of likely N-dealkylation sites (tertiary alicyclic amines) is 1. The Morgan fingerprint density at radius 2 is 1.97 bits per heavy atom. The second kappa shape index (κ2) is 8.16. The number of nitrogens with zero attached hydrogens (tertiary/aromatic N) is 2. The normalized spacial score (nSPS) is 41.0. The summed E-state index contributed by atoms with van der Waals surface area (Å²) in [4.78, 5) is 27.9. The molecule has 7 heteroatoms. The summed E-state index contributed by atoms with van der Waals surface area (Å²) in [6.07, 6.45) is 4.68. The highest BCUT2D eigenvalue weighted by atomic mass is 16.2. The standard InChI is InChI=1S/C22H39N5O2/c1-12(2)27-20-18(11-24-27)16(9-19(25-20)15-6-7-15)21(28)23-10-17-13(3)8-14(4)26(5)22(17)29/h12-20,24-25H,6-11H2,1-5H3,(H,23,28). The number of carbonyl (C=O) groups excluding carboxylic acids is 2. The van der Waals surface area contributed by atoms with Crippen LogP contribution < -0.4 is 16.1 Å². The first-order valence-electron chi connectivity index (χ1n) is 11.6. The van der Waals surface area contributed by atoms with E-state index in [9.17, 15) is 9.59 Å². The van der Waals surface area contributed by atoms with Gasteiger partial charge in [0.05, 0.1) is 12.1 Å². The van der Waals surface area contributed by atoms with Crippen LogP contribution in [0.1, 0.15) is 53.4 Å². The molecule has 7 atom stereocenters. The van der Waals surface area contributed by atoms with E-state index in [2.05, 4.69) is 48.8 Å². The molecule has 0 aromatic carbocycles. The molecule has 29 heavy (non-hydrogen) atoms. The molecule has 3 aliphatic heterocycles. The number of nitrogens with one attached hydrogen (secondary N) is 3. The second-order valence-corrected chi connectivity index (χ2v) is 10.3. The summed E-state index contributed by atoms with van der Waals surface area (Å²) in [5.41, 5.74) is 3.52. The maximum absolute atomic E-state index is 13.3. The van der Waals surface area contributed by atoms with Crippen LogP contribution in [0.3, 0.4) is 0 Å². The number of amides is 2. The average molecular weight is 406 g/mol. The molecule has 0 radical (unpaired) electrons. The SMILES string of the molecule is CC1CC(C)N(C)C(=O)C1CNC(=O)C1CC(C2CC2)NC2C1CNN2C(C)C. The van der Waals surface area contributed by atoms with Gasteiger partial charge in [-0.15, -0.1) is 0 Å². The van der Waals surface area contributed by atoms with Crippen LogP contribution in [0, 0.1) is 29.6 Å². The number of hydrogen-bond donors (Lipinski definition) is 3. The van der Waals surface area contributed by atoms with E-state index in [-0.39, 0.29) is 41.8 Å². The molecule has 4 aliphatic rings. The third kappa shape index (κ3) is 4.06. The molecule has 4 rings (SSSR count). The van der Waals surface area contributed by atoms with Crippen LogP contribution in [0.25, 0.3) is 0 Å². The zero-order valence-corrected chi connectivity index (χ0v) is 18.6. The Bertz CT molecular complexity index is 637. The smallest absolute Gasteiger partial charge is 0.227 e. The van der Waals surface area contributed by atoms with Crippen LogP contribution >= 0.6 is 0 Å². The lowest BCUT2D eigenvalue weighted by molar-refractivity contribution is -0.142. The molecule has 7 unspecified atom stereocenters. The maximum atomic E-state index is 13.3. The van der Waals surface area contributed by atoms with Gasteiger partial charge in [0.15, 0.2) is 0 Å². The van der Waals surface area contributed by atoms with Gasteiger partial charge in [-0.2, -0.15) is 0 Å². The van der Waals surface area contributed by atoms with Crippen molar-refractivity contribution in [3.63, 3.8) is 0 Å². The van der Waals surface area contributed by atoms with E-state index in [0.29, 0.717) is 24.5 Å². The fourth-order valence-corrected chi connectivity index (χ4v) is 5.77. The quantitative estimate of drug-likeness (QED) is 0.640. The largest absolute Gasteiger partial charge is 0.355 e. The Morgan fingerprint density at radius 1 is 1.24 bits per heavy atom. The van der Waals surface area contributed by atoms with Crippen molar-refractivity contribution in [3.8, 4) is 0 Å². The minimum absolute atomic E-state index is 0.00810. The summed E-state index contributed by atoms with van der Waals surface area (Å²) in [5, 5.41) is 9.34. The van der Waals surface area contributed by atoms with Gasteiger partial charge in [-0.25, -0.2) is 5.01 Å². The predicted octanol–water partition coefficient (Wildman–Crippen LogP) is 1.16. The van der Waals surface area contributed by atoms with Gasteiger partial charge < -0.3 is 10.2 Å². The van der Waals surface area contributed by atoms with Gasteiger partial charge in [-0.05, 0) is 58.3 Å². The van der Waals surface area contributed by atoms with Crippen LogP contribution in [-0.2, 0) is 9.59 Å². The van der Waals surface area contributed by atoms with Crippen LogP contribution in [-0.4, -0.2) is 66.2 Å².